The van der Waals surface area contributed by atoms with E-state index in [1.165, 1.54) is 0 Å². The number of nitrogens with one attached hydrogen (secondary N) is 1. The molecule has 0 aliphatic heterocycles. The molecular weight excluding hydrogens is 692 g/mol. The van der Waals surface area contributed by atoms with Crippen LogP contribution >= 0.6 is 0 Å². The number of anilines is 1. The molecule has 0 heterocycles. The minimum Gasteiger partial charge on any atom is -0.491 e. The van der Waals surface area contributed by atoms with E-state index in [2.05, 4.69) is 10.1 Å². The Morgan fingerprint density at radius 2 is 0.750 bits per heavy atom. The molecule has 1 amide bonds. The Balaban J connectivity index is 1.63. The molecule has 18 heteroatoms. The van der Waals surface area contributed by atoms with E-state index in [1.54, 1.807) is 12.1 Å². The van der Waals surface area contributed by atoms with Gasteiger partial charge in [0, 0.05) is 12.2 Å². The number of amides is 1. The van der Waals surface area contributed by atoms with Crippen molar-refractivity contribution < 1.29 is 76.3 Å². The van der Waals surface area contributed by atoms with Gasteiger partial charge in [0.1, 0.15) is 25.6 Å². The number of carbonyl (C=O) groups is 2. The van der Waals surface area contributed by atoms with Crippen LogP contribution in [0.5, 0.6) is 5.75 Å². The topological polar surface area (TPSA) is 212 Å². The number of nitrogens with two attached hydrogens (primary N) is 1. The Hall–Kier alpha value is -2.72. The fourth-order valence-corrected chi connectivity index (χ4v) is 3.63. The first-order chi connectivity index (χ1) is 25.6. The molecule has 0 saturated heterocycles. The van der Waals surface area contributed by atoms with Gasteiger partial charge in [0.05, 0.1) is 145 Å². The number of nitrogen functional groups attached to an aromatic ring is 1. The lowest BCUT2D eigenvalue weighted by Crippen LogP contribution is -2.31. The quantitative estimate of drug-likeness (QED) is 0.0596. The summed E-state index contributed by atoms with van der Waals surface area (Å²) in [7, 11) is 0. The van der Waals surface area contributed by atoms with Crippen LogP contribution in [0.25, 0.3) is 0 Å². The fourth-order valence-electron chi connectivity index (χ4n) is 3.63. The van der Waals surface area contributed by atoms with Gasteiger partial charge in [0.25, 0.3) is 0 Å². The van der Waals surface area contributed by atoms with Gasteiger partial charge in [-0.25, -0.2) is 4.79 Å². The highest BCUT2D eigenvalue weighted by Crippen LogP contribution is 2.12. The molecule has 0 atom stereocenters. The molecule has 4 N–H and O–H groups in total. The zero-order valence-corrected chi connectivity index (χ0v) is 30.3. The van der Waals surface area contributed by atoms with Crippen LogP contribution in [-0.4, -0.2) is 189 Å². The number of aliphatic carboxylic acids is 1. The number of hydrogen-bond acceptors (Lipinski definition) is 16. The number of ether oxygens (including phenoxy) is 13. The average molecular weight is 753 g/mol. The lowest BCUT2D eigenvalue weighted by Gasteiger charge is -2.09. The highest BCUT2D eigenvalue weighted by Gasteiger charge is 2.03. The summed E-state index contributed by atoms with van der Waals surface area (Å²) in [5.41, 5.74) is 6.34. The van der Waals surface area contributed by atoms with E-state index in [0.717, 1.165) is 5.75 Å². The summed E-state index contributed by atoms with van der Waals surface area (Å²) in [6, 6.07) is 7.24. The SMILES string of the molecule is Nc1ccc(OCCOCCOCCOCCOCCOCCOCCOCCOCCOCCOCCOCCNC(=O)COCC(=O)O)cc1. The van der Waals surface area contributed by atoms with Crippen LogP contribution in [0.1, 0.15) is 0 Å². The molecule has 0 bridgehead atoms. The van der Waals surface area contributed by atoms with Gasteiger partial charge in [-0.15, -0.1) is 0 Å². The maximum atomic E-state index is 11.4. The van der Waals surface area contributed by atoms with Gasteiger partial charge in [0.2, 0.25) is 5.91 Å². The lowest BCUT2D eigenvalue weighted by atomic mass is 10.3. The number of carboxylic acids is 1. The summed E-state index contributed by atoms with van der Waals surface area (Å²) in [6.07, 6.45) is 0. The molecule has 0 radical (unpaired) electrons. The third-order valence-corrected chi connectivity index (χ3v) is 6.12. The van der Waals surface area contributed by atoms with Crippen LogP contribution in [-0.2, 0) is 66.4 Å². The van der Waals surface area contributed by atoms with E-state index in [-0.39, 0.29) is 6.61 Å². The van der Waals surface area contributed by atoms with Crippen molar-refractivity contribution in [1.82, 2.24) is 5.32 Å². The molecule has 0 fully saturated rings. The Labute approximate surface area is 306 Å². The van der Waals surface area contributed by atoms with Crippen molar-refractivity contribution in [2.45, 2.75) is 0 Å². The lowest BCUT2D eigenvalue weighted by molar-refractivity contribution is -0.143. The Bertz CT molecular complexity index is 931. The summed E-state index contributed by atoms with van der Waals surface area (Å²) in [5, 5.41) is 11.0. The monoisotopic (exact) mass is 752 g/mol. The van der Waals surface area contributed by atoms with Crippen LogP contribution in [0.2, 0.25) is 0 Å². The van der Waals surface area contributed by atoms with Crippen molar-refractivity contribution in [1.29, 1.82) is 0 Å². The summed E-state index contributed by atoms with van der Waals surface area (Å²) in [4.78, 5) is 21.7. The van der Waals surface area contributed by atoms with Gasteiger partial charge in [-0.3, -0.25) is 4.79 Å². The molecule has 0 aliphatic rings. The van der Waals surface area contributed by atoms with Crippen molar-refractivity contribution in [3.63, 3.8) is 0 Å². The molecule has 18 nitrogen and oxygen atoms in total. The maximum absolute atomic E-state index is 11.4. The van der Waals surface area contributed by atoms with E-state index >= 15 is 0 Å². The van der Waals surface area contributed by atoms with Crippen molar-refractivity contribution in [2.24, 2.45) is 0 Å². The molecule has 1 rings (SSSR count). The van der Waals surface area contributed by atoms with E-state index in [9.17, 15) is 9.59 Å². The Morgan fingerprint density at radius 1 is 0.442 bits per heavy atom. The van der Waals surface area contributed by atoms with Crippen LogP contribution in [0, 0.1) is 0 Å². The van der Waals surface area contributed by atoms with Gasteiger partial charge in [-0.1, -0.05) is 0 Å². The first-order valence-electron chi connectivity index (χ1n) is 17.5. The van der Waals surface area contributed by atoms with Crippen molar-refractivity contribution in [3.8, 4) is 5.75 Å². The molecule has 0 saturated carbocycles. The number of carbonyl (C=O) groups excluding carboxylic acids is 1. The van der Waals surface area contributed by atoms with Gasteiger partial charge in [-0.2, -0.15) is 0 Å². The zero-order valence-electron chi connectivity index (χ0n) is 30.3. The maximum Gasteiger partial charge on any atom is 0.329 e. The Morgan fingerprint density at radius 3 is 1.08 bits per heavy atom. The predicted molar refractivity (Wildman–Crippen MR) is 187 cm³/mol. The second-order valence-electron chi connectivity index (χ2n) is 10.4. The summed E-state index contributed by atoms with van der Waals surface area (Å²) >= 11 is 0. The van der Waals surface area contributed by atoms with Crippen LogP contribution < -0.4 is 15.8 Å². The number of benzene rings is 1. The first-order valence-corrected chi connectivity index (χ1v) is 17.5. The molecule has 1 aromatic carbocycles. The third kappa shape index (κ3) is 35.7. The molecular formula is C34H60N2O16. The number of hydrogen-bond donors (Lipinski definition) is 3. The summed E-state index contributed by atoms with van der Waals surface area (Å²) in [6.45, 7) is 10.1. The molecule has 0 unspecified atom stereocenters. The minimum atomic E-state index is -1.13. The third-order valence-electron chi connectivity index (χ3n) is 6.12. The summed E-state index contributed by atoms with van der Waals surface area (Å²) < 4.78 is 70.1. The van der Waals surface area contributed by atoms with Gasteiger partial charge >= 0.3 is 5.97 Å². The largest absolute Gasteiger partial charge is 0.491 e. The molecule has 0 spiro atoms. The van der Waals surface area contributed by atoms with Crippen molar-refractivity contribution in [2.75, 3.05) is 177 Å². The molecule has 0 aromatic heterocycles. The highest BCUT2D eigenvalue weighted by molar-refractivity contribution is 5.77. The standard InChI is InChI=1S/C34H60N2O16/c35-31-1-3-32(4-2-31)52-28-27-50-26-25-49-24-23-48-22-21-47-20-19-46-18-17-45-16-15-44-14-13-43-12-11-42-10-9-41-8-7-40-6-5-36-33(37)29-51-30-34(38)39/h1-4H,5-30,35H2,(H,36,37)(H,38,39). The van der Waals surface area contributed by atoms with Gasteiger partial charge in [0.15, 0.2) is 0 Å². The normalized spacial score (nSPS) is 11.2. The van der Waals surface area contributed by atoms with E-state index in [4.69, 9.17) is 67.7 Å². The van der Waals surface area contributed by atoms with Crippen LogP contribution in [0.3, 0.4) is 0 Å². The molecule has 0 aliphatic carbocycles. The number of carboxylic acid groups (broad SMARTS) is 1. The van der Waals surface area contributed by atoms with Crippen LogP contribution in [0.15, 0.2) is 24.3 Å². The minimum absolute atomic E-state index is 0.297. The second-order valence-corrected chi connectivity index (χ2v) is 10.4. The molecule has 52 heavy (non-hydrogen) atoms. The first kappa shape index (κ1) is 47.3. The Kier molecular flexibility index (Phi) is 34.6. The zero-order chi connectivity index (χ0) is 37.4. The van der Waals surface area contributed by atoms with Crippen molar-refractivity contribution in [3.05, 3.63) is 24.3 Å². The van der Waals surface area contributed by atoms with E-state index in [0.29, 0.717) is 164 Å². The van der Waals surface area contributed by atoms with E-state index < -0.39 is 18.5 Å². The summed E-state index contributed by atoms with van der Waals surface area (Å²) in [5.74, 6) is -0.762. The predicted octanol–water partition coefficient (Wildman–Crippen LogP) is 0.0476. The molecule has 302 valence electrons. The van der Waals surface area contributed by atoms with Gasteiger partial charge < -0.3 is 77.7 Å². The highest BCUT2D eigenvalue weighted by atomic mass is 16.6. The van der Waals surface area contributed by atoms with Gasteiger partial charge in [-0.05, 0) is 24.3 Å². The average Bonchev–Trinajstić information content (AvgIpc) is 3.13. The number of rotatable bonds is 41. The smallest absolute Gasteiger partial charge is 0.329 e. The van der Waals surface area contributed by atoms with E-state index in [1.807, 2.05) is 12.1 Å². The van der Waals surface area contributed by atoms with Crippen molar-refractivity contribution >= 4 is 17.6 Å². The second kappa shape index (κ2) is 38.0. The van der Waals surface area contributed by atoms with Crippen LogP contribution in [0.4, 0.5) is 5.69 Å². The molecule has 1 aromatic rings. The fraction of sp³-hybridized carbons (Fsp3) is 0.765.